The van der Waals surface area contributed by atoms with Gasteiger partial charge in [0.25, 0.3) is 0 Å². The summed E-state index contributed by atoms with van der Waals surface area (Å²) < 4.78 is 54.1. The fraction of sp³-hybridized carbons (Fsp3) is 0.379. The second-order valence-electron chi connectivity index (χ2n) is 10.2. The molecule has 8 heteroatoms. The molecule has 37 heavy (non-hydrogen) atoms. The summed E-state index contributed by atoms with van der Waals surface area (Å²) in [7, 11) is -2.94. The predicted molar refractivity (Wildman–Crippen MR) is 145 cm³/mol. The summed E-state index contributed by atoms with van der Waals surface area (Å²) in [6, 6.07) is 23.0. The van der Waals surface area contributed by atoms with Crippen molar-refractivity contribution in [1.29, 1.82) is 0 Å². The van der Waals surface area contributed by atoms with Crippen LogP contribution in [-0.4, -0.2) is 60.8 Å². The highest BCUT2D eigenvalue weighted by Crippen LogP contribution is 2.44. The van der Waals surface area contributed by atoms with Crippen LogP contribution < -0.4 is 0 Å². The molecule has 2 aliphatic heterocycles. The van der Waals surface area contributed by atoms with Gasteiger partial charge in [-0.25, -0.2) is 17.1 Å². The Morgan fingerprint density at radius 1 is 0.973 bits per heavy atom. The number of fused-ring (bicyclic) bond motifs is 2. The minimum absolute atomic E-state index is 0.00169. The number of likely N-dealkylation sites (tertiary alicyclic amines) is 1. The minimum Gasteiger partial charge on any atom is -0.303 e. The number of likely N-dealkylation sites (N-methyl/N-ethyl adjacent to an activating group) is 1. The van der Waals surface area contributed by atoms with Gasteiger partial charge in [0.1, 0.15) is 5.82 Å². The van der Waals surface area contributed by atoms with Crippen LogP contribution in [0.15, 0.2) is 88.7 Å². The standard InChI is InChI=1S/C29H33FN2O3S2/c1-31(37(34,35)26-7-3-2-4-8-26)21-24(23-11-13-25(30)14-12-23)15-18-32-19-16-29(17-20-32)22-36(33)28-10-6-5-9-27(28)29/h2-14,24H,15-22H2,1H3. The molecule has 2 aliphatic rings. The average molecular weight is 541 g/mol. The molecule has 196 valence electrons. The van der Waals surface area contributed by atoms with Gasteiger partial charge >= 0.3 is 0 Å². The first-order valence-electron chi connectivity index (χ1n) is 12.8. The molecule has 0 amide bonds. The van der Waals surface area contributed by atoms with Crippen LogP contribution in [0.4, 0.5) is 4.39 Å². The van der Waals surface area contributed by atoms with Gasteiger partial charge in [-0.2, -0.15) is 0 Å². The Morgan fingerprint density at radius 3 is 2.32 bits per heavy atom. The van der Waals surface area contributed by atoms with Gasteiger partial charge in [0.05, 0.1) is 15.7 Å². The number of rotatable bonds is 8. The third kappa shape index (κ3) is 5.43. The second-order valence-corrected chi connectivity index (χ2v) is 13.7. The predicted octanol–water partition coefficient (Wildman–Crippen LogP) is 4.78. The van der Waals surface area contributed by atoms with Gasteiger partial charge in [-0.05, 0) is 86.3 Å². The van der Waals surface area contributed by atoms with Crippen molar-refractivity contribution < 1.29 is 17.0 Å². The van der Waals surface area contributed by atoms with Gasteiger partial charge in [0.15, 0.2) is 0 Å². The minimum atomic E-state index is -3.63. The van der Waals surface area contributed by atoms with E-state index in [9.17, 15) is 17.0 Å². The molecule has 2 atom stereocenters. The van der Waals surface area contributed by atoms with Crippen molar-refractivity contribution in [3.05, 3.63) is 95.8 Å². The smallest absolute Gasteiger partial charge is 0.242 e. The number of halogens is 1. The summed E-state index contributed by atoms with van der Waals surface area (Å²) in [5, 5.41) is 0. The van der Waals surface area contributed by atoms with Gasteiger partial charge in [0.2, 0.25) is 10.0 Å². The van der Waals surface area contributed by atoms with E-state index in [1.54, 1.807) is 49.5 Å². The number of hydrogen-bond acceptors (Lipinski definition) is 4. The van der Waals surface area contributed by atoms with Crippen molar-refractivity contribution in [3.8, 4) is 0 Å². The number of hydrogen-bond donors (Lipinski definition) is 0. The molecule has 2 heterocycles. The van der Waals surface area contributed by atoms with Gasteiger partial charge < -0.3 is 4.90 Å². The zero-order chi connectivity index (χ0) is 26.0. The Morgan fingerprint density at radius 2 is 1.62 bits per heavy atom. The highest BCUT2D eigenvalue weighted by atomic mass is 32.2. The highest BCUT2D eigenvalue weighted by molar-refractivity contribution is 7.89. The van der Waals surface area contributed by atoms with Crippen LogP contribution in [0.3, 0.4) is 0 Å². The first kappa shape index (κ1) is 26.2. The van der Waals surface area contributed by atoms with E-state index in [0.717, 1.165) is 49.4 Å². The van der Waals surface area contributed by atoms with Crippen LogP contribution in [0.1, 0.15) is 36.3 Å². The monoisotopic (exact) mass is 540 g/mol. The average Bonchev–Trinajstić information content (AvgIpc) is 3.19. The molecule has 0 radical (unpaired) electrons. The van der Waals surface area contributed by atoms with Crippen molar-refractivity contribution >= 4 is 20.8 Å². The second kappa shape index (κ2) is 10.8. The van der Waals surface area contributed by atoms with Crippen molar-refractivity contribution in [2.75, 3.05) is 39.0 Å². The zero-order valence-corrected chi connectivity index (χ0v) is 22.7. The van der Waals surface area contributed by atoms with E-state index in [2.05, 4.69) is 11.0 Å². The SMILES string of the molecule is CN(CC(CCN1CCC2(CC1)CS(=O)c1ccccc12)c1ccc(F)cc1)S(=O)(=O)c1ccccc1. The molecule has 5 nitrogen and oxygen atoms in total. The molecule has 2 unspecified atom stereocenters. The number of sulfonamides is 1. The van der Waals surface area contributed by atoms with Crippen LogP contribution in [0.25, 0.3) is 0 Å². The number of benzene rings is 3. The summed E-state index contributed by atoms with van der Waals surface area (Å²) in [5.41, 5.74) is 2.19. The Hall–Kier alpha value is -2.39. The van der Waals surface area contributed by atoms with E-state index in [1.165, 1.54) is 22.0 Å². The molecule has 0 N–H and O–H groups in total. The normalized spacial score (nSPS) is 20.2. The summed E-state index contributed by atoms with van der Waals surface area (Å²) in [5.74, 6) is 0.337. The molecule has 1 spiro atoms. The first-order chi connectivity index (χ1) is 17.8. The fourth-order valence-electron chi connectivity index (χ4n) is 5.75. The molecule has 3 aromatic carbocycles. The molecular weight excluding hydrogens is 507 g/mol. The van der Waals surface area contributed by atoms with Crippen LogP contribution >= 0.6 is 0 Å². The van der Waals surface area contributed by atoms with E-state index in [4.69, 9.17) is 0 Å². The molecule has 0 bridgehead atoms. The van der Waals surface area contributed by atoms with Gasteiger partial charge in [-0.15, -0.1) is 0 Å². The lowest BCUT2D eigenvalue weighted by atomic mass is 9.74. The maximum atomic E-state index is 13.6. The summed E-state index contributed by atoms with van der Waals surface area (Å²) >= 11 is 0. The summed E-state index contributed by atoms with van der Waals surface area (Å²) in [4.78, 5) is 3.69. The van der Waals surface area contributed by atoms with Crippen molar-refractivity contribution in [2.45, 2.75) is 40.4 Å². The van der Waals surface area contributed by atoms with E-state index in [1.807, 2.05) is 18.2 Å². The highest BCUT2D eigenvalue weighted by Gasteiger charge is 2.44. The van der Waals surface area contributed by atoms with Gasteiger partial charge in [-0.3, -0.25) is 4.21 Å². The van der Waals surface area contributed by atoms with Crippen LogP contribution in [0.2, 0.25) is 0 Å². The first-order valence-corrected chi connectivity index (χ1v) is 15.5. The number of nitrogens with zero attached hydrogens (tertiary/aromatic N) is 2. The van der Waals surface area contributed by atoms with Crippen molar-refractivity contribution in [2.24, 2.45) is 0 Å². The fourth-order valence-corrected chi connectivity index (χ4v) is 8.84. The molecule has 0 aliphatic carbocycles. The van der Waals surface area contributed by atoms with E-state index in [-0.39, 0.29) is 22.0 Å². The molecule has 0 saturated carbocycles. The third-order valence-corrected chi connectivity index (χ3v) is 11.5. The Bertz CT molecular complexity index is 1360. The Balaban J connectivity index is 1.27. The molecule has 0 aromatic heterocycles. The maximum absolute atomic E-state index is 13.6. The van der Waals surface area contributed by atoms with Crippen molar-refractivity contribution in [3.63, 3.8) is 0 Å². The maximum Gasteiger partial charge on any atom is 0.242 e. The largest absolute Gasteiger partial charge is 0.303 e. The zero-order valence-electron chi connectivity index (χ0n) is 21.1. The Labute approximate surface area is 221 Å². The molecule has 3 aromatic rings. The van der Waals surface area contributed by atoms with Crippen LogP contribution in [-0.2, 0) is 26.2 Å². The molecule has 1 fully saturated rings. The van der Waals surface area contributed by atoms with E-state index >= 15 is 0 Å². The third-order valence-electron chi connectivity index (χ3n) is 7.99. The summed E-state index contributed by atoms with van der Waals surface area (Å²) in [6.45, 7) is 2.97. The lowest BCUT2D eigenvalue weighted by Crippen LogP contribution is -2.44. The molecule has 5 rings (SSSR count). The number of piperidine rings is 1. The lowest BCUT2D eigenvalue weighted by molar-refractivity contribution is 0.165. The summed E-state index contributed by atoms with van der Waals surface area (Å²) in [6.07, 6.45) is 2.70. The quantitative estimate of drug-likeness (QED) is 0.413. The van der Waals surface area contributed by atoms with Gasteiger partial charge in [0, 0.05) is 29.7 Å². The Kier molecular flexibility index (Phi) is 7.63. The van der Waals surface area contributed by atoms with Crippen LogP contribution in [0.5, 0.6) is 0 Å². The van der Waals surface area contributed by atoms with Gasteiger partial charge in [-0.1, -0.05) is 48.5 Å². The molecule has 1 saturated heterocycles. The molecular formula is C29H33FN2O3S2. The van der Waals surface area contributed by atoms with E-state index in [0.29, 0.717) is 12.3 Å². The van der Waals surface area contributed by atoms with E-state index < -0.39 is 20.8 Å². The topological polar surface area (TPSA) is 57.7 Å². The van der Waals surface area contributed by atoms with Crippen LogP contribution in [0, 0.1) is 5.82 Å². The lowest BCUT2D eigenvalue weighted by Gasteiger charge is -2.40. The van der Waals surface area contributed by atoms with Crippen molar-refractivity contribution in [1.82, 2.24) is 9.21 Å².